The van der Waals surface area contributed by atoms with E-state index in [1.807, 2.05) is 0 Å². The van der Waals surface area contributed by atoms with Crippen molar-refractivity contribution in [3.63, 3.8) is 0 Å². The van der Waals surface area contributed by atoms with Crippen molar-refractivity contribution in [2.24, 2.45) is 0 Å². The fraction of sp³-hybridized carbons (Fsp3) is 0.250. The normalized spacial score (nSPS) is 11.0. The molecule has 124 valence electrons. The molecule has 0 saturated carbocycles. The highest BCUT2D eigenvalue weighted by molar-refractivity contribution is 6.40. The Hall–Kier alpha value is 0.140. The molecule has 0 amide bonds. The number of hydrogen-bond acceptors (Lipinski definition) is 1. The van der Waals surface area contributed by atoms with Gasteiger partial charge >= 0.3 is 0 Å². The van der Waals surface area contributed by atoms with Gasteiger partial charge in [-0.05, 0) is 48.2 Å². The van der Waals surface area contributed by atoms with Crippen molar-refractivity contribution in [3.8, 4) is 0 Å². The predicted molar refractivity (Wildman–Crippen MR) is 101 cm³/mol. The van der Waals surface area contributed by atoms with E-state index in [1.165, 1.54) is 0 Å². The maximum atomic E-state index is 6.13. The van der Waals surface area contributed by atoms with Crippen molar-refractivity contribution >= 4 is 69.6 Å². The molecule has 0 spiro atoms. The van der Waals surface area contributed by atoms with Gasteiger partial charge in [-0.15, -0.1) is 0 Å². The van der Waals surface area contributed by atoms with Gasteiger partial charge in [0.05, 0.1) is 13.2 Å². The van der Waals surface area contributed by atoms with Crippen LogP contribution in [0.15, 0.2) is 24.3 Å². The molecular weight excluding hydrogens is 421 g/mol. The second-order valence-corrected chi connectivity index (χ2v) is 7.31. The molecule has 0 aliphatic rings. The zero-order valence-corrected chi connectivity index (χ0v) is 16.3. The summed E-state index contributed by atoms with van der Waals surface area (Å²) in [5.41, 5.74) is 1.64. The van der Waals surface area contributed by atoms with Crippen molar-refractivity contribution in [1.82, 2.24) is 0 Å². The molecule has 0 heterocycles. The van der Waals surface area contributed by atoms with Crippen LogP contribution < -0.4 is 0 Å². The lowest BCUT2D eigenvalue weighted by atomic mass is 10.1. The molecule has 0 unspecified atom stereocenters. The summed E-state index contributed by atoms with van der Waals surface area (Å²) in [7, 11) is 0. The largest absolute Gasteiger partial charge is 0.381 e. The van der Waals surface area contributed by atoms with E-state index < -0.39 is 0 Å². The molecule has 0 fully saturated rings. The molecule has 0 aliphatic heterocycles. The van der Waals surface area contributed by atoms with Crippen LogP contribution >= 0.6 is 69.6 Å². The highest BCUT2D eigenvalue weighted by atomic mass is 35.5. The number of ether oxygens (including phenoxy) is 1. The summed E-state index contributed by atoms with van der Waals surface area (Å²) < 4.78 is 5.62. The van der Waals surface area contributed by atoms with E-state index in [0.717, 1.165) is 11.1 Å². The lowest BCUT2D eigenvalue weighted by Crippen LogP contribution is -2.04. The second kappa shape index (κ2) is 9.01. The number of halogens is 6. The van der Waals surface area contributed by atoms with Gasteiger partial charge in [-0.3, -0.25) is 0 Å². The van der Waals surface area contributed by atoms with Gasteiger partial charge in [-0.2, -0.15) is 0 Å². The number of benzene rings is 2. The van der Waals surface area contributed by atoms with Crippen LogP contribution in [0.1, 0.15) is 11.1 Å². The summed E-state index contributed by atoms with van der Waals surface area (Å²) in [6.45, 7) is 0.952. The van der Waals surface area contributed by atoms with Crippen LogP contribution in [-0.4, -0.2) is 13.2 Å². The van der Waals surface area contributed by atoms with E-state index in [-0.39, 0.29) is 0 Å². The van der Waals surface area contributed by atoms with E-state index in [0.29, 0.717) is 56.2 Å². The van der Waals surface area contributed by atoms with Gasteiger partial charge in [-0.25, -0.2) is 0 Å². The summed E-state index contributed by atoms with van der Waals surface area (Å²) in [6, 6.07) is 6.66. The van der Waals surface area contributed by atoms with Gasteiger partial charge in [0.15, 0.2) is 0 Å². The Bertz CT molecular complexity index is 595. The van der Waals surface area contributed by atoms with E-state index in [1.54, 1.807) is 24.3 Å². The summed E-state index contributed by atoms with van der Waals surface area (Å²) in [5.74, 6) is 0. The van der Waals surface area contributed by atoms with Gasteiger partial charge in [-0.1, -0.05) is 69.6 Å². The first kappa shape index (κ1) is 19.5. The van der Waals surface area contributed by atoms with Crippen LogP contribution in [0.25, 0.3) is 0 Å². The van der Waals surface area contributed by atoms with Crippen LogP contribution in [0.3, 0.4) is 0 Å². The molecule has 0 N–H and O–H groups in total. The second-order valence-electron chi connectivity index (χ2n) is 4.81. The minimum Gasteiger partial charge on any atom is -0.381 e. The molecule has 0 aromatic heterocycles. The first-order valence-corrected chi connectivity index (χ1v) is 9.00. The Labute approximate surface area is 165 Å². The van der Waals surface area contributed by atoms with E-state index >= 15 is 0 Å². The third kappa shape index (κ3) is 5.57. The van der Waals surface area contributed by atoms with Crippen molar-refractivity contribution < 1.29 is 4.74 Å². The average molecular weight is 433 g/mol. The molecule has 2 rings (SSSR count). The molecule has 0 saturated heterocycles. The van der Waals surface area contributed by atoms with Crippen LogP contribution in [0.4, 0.5) is 0 Å². The lowest BCUT2D eigenvalue weighted by Gasteiger charge is -2.10. The molecule has 23 heavy (non-hydrogen) atoms. The van der Waals surface area contributed by atoms with Crippen LogP contribution in [0.5, 0.6) is 0 Å². The Morgan fingerprint density at radius 3 is 1.17 bits per heavy atom. The maximum absolute atomic E-state index is 6.13. The van der Waals surface area contributed by atoms with Crippen molar-refractivity contribution in [1.29, 1.82) is 0 Å². The third-order valence-electron chi connectivity index (χ3n) is 3.20. The first-order valence-electron chi connectivity index (χ1n) is 6.73. The number of rotatable bonds is 6. The van der Waals surface area contributed by atoms with Gasteiger partial charge in [0, 0.05) is 30.1 Å². The molecule has 0 radical (unpaired) electrons. The fourth-order valence-electron chi connectivity index (χ4n) is 2.07. The zero-order chi connectivity index (χ0) is 17.0. The van der Waals surface area contributed by atoms with Crippen molar-refractivity contribution in [3.05, 3.63) is 65.5 Å². The summed E-state index contributed by atoms with van der Waals surface area (Å²) in [5, 5.41) is 3.17. The fourth-order valence-corrected chi connectivity index (χ4v) is 4.08. The Morgan fingerprint density at radius 2 is 0.870 bits per heavy atom. The monoisotopic (exact) mass is 430 g/mol. The van der Waals surface area contributed by atoms with E-state index in [9.17, 15) is 0 Å². The molecule has 7 heteroatoms. The third-order valence-corrected chi connectivity index (χ3v) is 4.99. The maximum Gasteiger partial charge on any atom is 0.0507 e. The quantitative estimate of drug-likeness (QED) is 0.432. The Morgan fingerprint density at radius 1 is 0.565 bits per heavy atom. The Balaban J connectivity index is 1.85. The van der Waals surface area contributed by atoms with E-state index in [4.69, 9.17) is 74.3 Å². The SMILES string of the molecule is Clc1cc(Cl)c(CCOCCc2c(Cl)cc(Cl)cc2Cl)c(Cl)c1. The van der Waals surface area contributed by atoms with Gasteiger partial charge in [0.2, 0.25) is 0 Å². The van der Waals surface area contributed by atoms with Gasteiger partial charge < -0.3 is 4.74 Å². The molecule has 2 aromatic carbocycles. The highest BCUT2D eigenvalue weighted by Gasteiger charge is 2.09. The lowest BCUT2D eigenvalue weighted by molar-refractivity contribution is 0.140. The molecule has 0 aliphatic carbocycles. The topological polar surface area (TPSA) is 9.23 Å². The summed E-state index contributed by atoms with van der Waals surface area (Å²) in [4.78, 5) is 0. The summed E-state index contributed by atoms with van der Waals surface area (Å²) >= 11 is 36.3. The Kier molecular flexibility index (Phi) is 7.62. The minimum absolute atomic E-state index is 0.476. The predicted octanol–water partition coefficient (Wildman–Crippen LogP) is 7.41. The van der Waals surface area contributed by atoms with Crippen molar-refractivity contribution in [2.45, 2.75) is 12.8 Å². The van der Waals surface area contributed by atoms with Crippen molar-refractivity contribution in [2.75, 3.05) is 13.2 Å². The smallest absolute Gasteiger partial charge is 0.0507 e. The summed E-state index contributed by atoms with van der Waals surface area (Å²) in [6.07, 6.45) is 1.19. The zero-order valence-electron chi connectivity index (χ0n) is 11.8. The van der Waals surface area contributed by atoms with Crippen LogP contribution in [-0.2, 0) is 17.6 Å². The minimum atomic E-state index is 0.476. The highest BCUT2D eigenvalue weighted by Crippen LogP contribution is 2.30. The molecule has 0 bridgehead atoms. The first-order chi connectivity index (χ1) is 10.9. The molecule has 0 atom stereocenters. The number of hydrogen-bond donors (Lipinski definition) is 0. The molecule has 1 nitrogen and oxygen atoms in total. The molecular formula is C16H12Cl6O. The van der Waals surface area contributed by atoms with Gasteiger partial charge in [0.1, 0.15) is 0 Å². The average Bonchev–Trinajstić information content (AvgIpc) is 2.42. The van der Waals surface area contributed by atoms with E-state index in [2.05, 4.69) is 0 Å². The van der Waals surface area contributed by atoms with Gasteiger partial charge in [0.25, 0.3) is 0 Å². The van der Waals surface area contributed by atoms with Crippen LogP contribution in [0.2, 0.25) is 30.1 Å². The standard InChI is InChI=1S/C16H12Cl6O/c17-9-5-13(19)11(14(20)6-9)1-3-23-4-2-12-15(21)7-10(18)8-16(12)22/h5-8H,1-4H2. The molecule has 2 aromatic rings. The van der Waals surface area contributed by atoms with Crippen LogP contribution in [0, 0.1) is 0 Å².